The van der Waals surface area contributed by atoms with Gasteiger partial charge in [0.05, 0.1) is 30.4 Å². The third kappa shape index (κ3) is 3.60. The van der Waals surface area contributed by atoms with Gasteiger partial charge in [-0.25, -0.2) is 0 Å². The van der Waals surface area contributed by atoms with E-state index in [2.05, 4.69) is 22.6 Å². The van der Waals surface area contributed by atoms with Crippen molar-refractivity contribution in [1.82, 2.24) is 5.01 Å². The molecule has 5 heteroatoms. The molecule has 128 valence electrons. The van der Waals surface area contributed by atoms with E-state index in [4.69, 9.17) is 10.00 Å². The number of hydrogen-bond donors (Lipinski definition) is 1. The molecule has 26 heavy (non-hydrogen) atoms. The number of nitriles is 1. The number of fused-ring (bicyclic) bond motifs is 1. The Kier molecular flexibility index (Phi) is 4.40. The molecule has 4 rings (SSSR count). The highest BCUT2D eigenvalue weighted by molar-refractivity contribution is 5.84. The normalized spacial score (nSPS) is 13.0. The minimum Gasteiger partial charge on any atom is -0.489 e. The third-order valence-corrected chi connectivity index (χ3v) is 4.26. The van der Waals surface area contributed by atoms with Gasteiger partial charge in [0, 0.05) is 0 Å². The lowest BCUT2D eigenvalue weighted by molar-refractivity contribution is 0.306. The van der Waals surface area contributed by atoms with Crippen LogP contribution in [0.3, 0.4) is 0 Å². The maximum absolute atomic E-state index is 8.98. The van der Waals surface area contributed by atoms with Crippen LogP contribution in [0.25, 0.3) is 10.8 Å². The van der Waals surface area contributed by atoms with E-state index < -0.39 is 0 Å². The maximum Gasteiger partial charge on any atom is 0.119 e. The first-order valence-corrected chi connectivity index (χ1v) is 8.49. The minimum absolute atomic E-state index is 0.501. The quantitative estimate of drug-likeness (QED) is 0.762. The van der Waals surface area contributed by atoms with Crippen LogP contribution >= 0.6 is 0 Å². The highest BCUT2D eigenvalue weighted by Crippen LogP contribution is 2.21. The van der Waals surface area contributed by atoms with Crippen LogP contribution in [-0.2, 0) is 6.61 Å². The van der Waals surface area contributed by atoms with Gasteiger partial charge in [-0.2, -0.15) is 5.26 Å². The molecule has 0 amide bonds. The number of ether oxygens (including phenoxy) is 1. The number of hydrogen-bond acceptors (Lipinski definition) is 5. The van der Waals surface area contributed by atoms with Crippen molar-refractivity contribution in [2.75, 3.05) is 18.5 Å². The molecular formula is C21H18N4O. The van der Waals surface area contributed by atoms with Crippen LogP contribution in [0.2, 0.25) is 0 Å². The summed E-state index contributed by atoms with van der Waals surface area (Å²) in [4.78, 5) is 4.17. The van der Waals surface area contributed by atoms with Crippen molar-refractivity contribution in [1.29, 1.82) is 5.26 Å². The number of rotatable bonds is 5. The highest BCUT2D eigenvalue weighted by atomic mass is 16.5. The number of benzene rings is 3. The van der Waals surface area contributed by atoms with E-state index >= 15 is 0 Å². The monoisotopic (exact) mass is 342 g/mol. The molecule has 0 bridgehead atoms. The second kappa shape index (κ2) is 7.16. The molecule has 0 radical (unpaired) electrons. The first-order valence-electron chi connectivity index (χ1n) is 8.49. The van der Waals surface area contributed by atoms with Gasteiger partial charge < -0.3 is 4.74 Å². The van der Waals surface area contributed by atoms with Gasteiger partial charge in [-0.1, -0.05) is 18.2 Å². The summed E-state index contributed by atoms with van der Waals surface area (Å²) in [6.07, 6.45) is 1.81. The van der Waals surface area contributed by atoms with Gasteiger partial charge in [-0.3, -0.25) is 15.4 Å². The number of hydrazine groups is 1. The smallest absolute Gasteiger partial charge is 0.119 e. The number of anilines is 1. The van der Waals surface area contributed by atoms with E-state index in [9.17, 15) is 0 Å². The van der Waals surface area contributed by atoms with Crippen molar-refractivity contribution >= 4 is 22.8 Å². The Labute approximate surface area is 152 Å². The topological polar surface area (TPSA) is 60.6 Å². The maximum atomic E-state index is 8.98. The van der Waals surface area contributed by atoms with Crippen molar-refractivity contribution in [2.24, 2.45) is 4.99 Å². The number of nitrogens with one attached hydrogen (secondary N) is 1. The number of aliphatic imine (C=N–C) groups is 1. The van der Waals surface area contributed by atoms with Gasteiger partial charge in [0.15, 0.2) is 0 Å². The van der Waals surface area contributed by atoms with E-state index in [0.29, 0.717) is 12.2 Å². The fourth-order valence-electron chi connectivity index (χ4n) is 2.88. The molecule has 0 aromatic heterocycles. The Morgan fingerprint density at radius 2 is 1.85 bits per heavy atom. The zero-order chi connectivity index (χ0) is 17.8. The summed E-state index contributed by atoms with van der Waals surface area (Å²) < 4.78 is 5.89. The Morgan fingerprint density at radius 3 is 2.62 bits per heavy atom. The Morgan fingerprint density at radius 1 is 1.04 bits per heavy atom. The minimum atomic E-state index is 0.501. The molecule has 5 nitrogen and oxygen atoms in total. The second-order valence-corrected chi connectivity index (χ2v) is 6.15. The summed E-state index contributed by atoms with van der Waals surface area (Å²) in [6.45, 7) is 2.22. The highest BCUT2D eigenvalue weighted by Gasteiger charge is 2.05. The first-order chi connectivity index (χ1) is 12.8. The Bertz CT molecular complexity index is 989. The molecular weight excluding hydrogens is 324 g/mol. The molecule has 1 heterocycles. The lowest BCUT2D eigenvalue weighted by atomic mass is 10.1. The SMILES string of the molecule is N#Cc1ccc2cc(COc3ccc(NN4C=NCC4)cc3)ccc2c1. The molecule has 1 N–H and O–H groups in total. The zero-order valence-electron chi connectivity index (χ0n) is 14.2. The summed E-state index contributed by atoms with van der Waals surface area (Å²) >= 11 is 0. The van der Waals surface area contributed by atoms with E-state index in [0.717, 1.165) is 40.9 Å². The van der Waals surface area contributed by atoms with Gasteiger partial charge in [-0.15, -0.1) is 0 Å². The van der Waals surface area contributed by atoms with Gasteiger partial charge in [0.1, 0.15) is 18.7 Å². The van der Waals surface area contributed by atoms with E-state index in [-0.39, 0.29) is 0 Å². The predicted molar refractivity (Wildman–Crippen MR) is 103 cm³/mol. The fraction of sp³-hybridized carbons (Fsp3) is 0.143. The van der Waals surface area contributed by atoms with Crippen LogP contribution in [0.5, 0.6) is 5.75 Å². The molecule has 1 aliphatic rings. The van der Waals surface area contributed by atoms with Gasteiger partial charge in [0.2, 0.25) is 0 Å². The Hall–Kier alpha value is -3.52. The molecule has 3 aromatic rings. The fourth-order valence-corrected chi connectivity index (χ4v) is 2.88. The summed E-state index contributed by atoms with van der Waals surface area (Å²) in [7, 11) is 0. The van der Waals surface area contributed by atoms with Crippen LogP contribution in [0.15, 0.2) is 65.7 Å². The molecule has 0 saturated heterocycles. The third-order valence-electron chi connectivity index (χ3n) is 4.26. The molecule has 3 aromatic carbocycles. The largest absolute Gasteiger partial charge is 0.489 e. The van der Waals surface area contributed by atoms with Crippen LogP contribution in [0.4, 0.5) is 5.69 Å². The summed E-state index contributed by atoms with van der Waals surface area (Å²) in [5.74, 6) is 0.825. The van der Waals surface area contributed by atoms with Crippen LogP contribution < -0.4 is 10.2 Å². The Balaban J connectivity index is 1.39. The van der Waals surface area contributed by atoms with E-state index in [1.807, 2.05) is 65.9 Å². The molecule has 1 aliphatic heterocycles. The average molecular weight is 342 g/mol. The average Bonchev–Trinajstić information content (AvgIpc) is 3.20. The van der Waals surface area contributed by atoms with Crippen molar-refractivity contribution in [2.45, 2.75) is 6.61 Å². The molecule has 0 fully saturated rings. The predicted octanol–water partition coefficient (Wildman–Crippen LogP) is 3.96. The van der Waals surface area contributed by atoms with Crippen molar-refractivity contribution < 1.29 is 4.74 Å². The van der Waals surface area contributed by atoms with Crippen molar-refractivity contribution in [3.63, 3.8) is 0 Å². The van der Waals surface area contributed by atoms with E-state index in [1.54, 1.807) is 0 Å². The molecule has 0 atom stereocenters. The second-order valence-electron chi connectivity index (χ2n) is 6.15. The van der Waals surface area contributed by atoms with Crippen molar-refractivity contribution in [3.8, 4) is 11.8 Å². The zero-order valence-corrected chi connectivity index (χ0v) is 14.2. The van der Waals surface area contributed by atoms with Crippen LogP contribution in [-0.4, -0.2) is 24.4 Å². The summed E-state index contributed by atoms with van der Waals surface area (Å²) in [5.41, 5.74) is 6.05. The number of nitrogens with zero attached hydrogens (tertiary/aromatic N) is 3. The van der Waals surface area contributed by atoms with Crippen LogP contribution in [0.1, 0.15) is 11.1 Å². The summed E-state index contributed by atoms with van der Waals surface area (Å²) in [6, 6.07) is 21.9. The lowest BCUT2D eigenvalue weighted by Crippen LogP contribution is -2.26. The standard InChI is InChI=1S/C21H18N4O/c22-13-16-1-3-19-12-17(2-4-18(19)11-16)14-26-21-7-5-20(6-8-21)24-25-10-9-23-15-25/h1-8,11-12,15,24H,9-10,14H2. The first kappa shape index (κ1) is 16.0. The molecule has 0 saturated carbocycles. The summed E-state index contributed by atoms with van der Waals surface area (Å²) in [5, 5.41) is 13.1. The lowest BCUT2D eigenvalue weighted by Gasteiger charge is -2.17. The van der Waals surface area contributed by atoms with Crippen molar-refractivity contribution in [3.05, 3.63) is 71.8 Å². The molecule has 0 spiro atoms. The van der Waals surface area contributed by atoms with Gasteiger partial charge in [0.25, 0.3) is 0 Å². The van der Waals surface area contributed by atoms with E-state index in [1.165, 1.54) is 0 Å². The van der Waals surface area contributed by atoms with Gasteiger partial charge in [-0.05, 0) is 58.8 Å². The van der Waals surface area contributed by atoms with Gasteiger partial charge >= 0.3 is 0 Å². The van der Waals surface area contributed by atoms with Crippen LogP contribution in [0, 0.1) is 11.3 Å². The molecule has 0 unspecified atom stereocenters. The molecule has 0 aliphatic carbocycles.